The van der Waals surface area contributed by atoms with Crippen molar-refractivity contribution in [3.8, 4) is 5.75 Å². The van der Waals surface area contributed by atoms with Gasteiger partial charge in [-0.3, -0.25) is 4.90 Å². The van der Waals surface area contributed by atoms with Gasteiger partial charge in [0.15, 0.2) is 0 Å². The summed E-state index contributed by atoms with van der Waals surface area (Å²) in [6.45, 7) is -2.97. The van der Waals surface area contributed by atoms with E-state index in [1.54, 1.807) is 4.90 Å². The number of nitrogens with zero attached hydrogens (tertiary/aromatic N) is 3. The van der Waals surface area contributed by atoms with Crippen molar-refractivity contribution in [1.29, 1.82) is 0 Å². The van der Waals surface area contributed by atoms with E-state index in [0.29, 0.717) is 23.6 Å². The van der Waals surface area contributed by atoms with Crippen molar-refractivity contribution >= 4 is 29.2 Å². The van der Waals surface area contributed by atoms with Crippen LogP contribution in [0.5, 0.6) is 5.75 Å². The van der Waals surface area contributed by atoms with Gasteiger partial charge in [-0.15, -0.1) is 0 Å². The highest BCUT2D eigenvalue weighted by atomic mass is 35.5. The molecule has 1 aromatic carbocycles. The lowest BCUT2D eigenvalue weighted by atomic mass is 9.87. The summed E-state index contributed by atoms with van der Waals surface area (Å²) in [5.74, 6) is 0.142. The summed E-state index contributed by atoms with van der Waals surface area (Å²) in [5.41, 5.74) is 11.4. The van der Waals surface area contributed by atoms with E-state index in [9.17, 15) is 8.78 Å². The standard InChI is InChI=1S/C15H18ClF2N5O/c16-9-4-5-11(24-12(17)18)10(8-9)23-14(20)21-13(19)22-15(23)6-2-1-3-7-15/h4-5,8,12H,1-3,6-7H2,(H4,19,20,21,22). The van der Waals surface area contributed by atoms with Crippen LogP contribution in [0.4, 0.5) is 14.5 Å². The fraction of sp³-hybridized carbons (Fsp3) is 0.467. The number of benzene rings is 1. The van der Waals surface area contributed by atoms with Gasteiger partial charge in [-0.2, -0.15) is 13.8 Å². The van der Waals surface area contributed by atoms with Crippen LogP contribution in [0.25, 0.3) is 0 Å². The first kappa shape index (κ1) is 16.8. The molecule has 1 saturated carbocycles. The molecule has 24 heavy (non-hydrogen) atoms. The molecular weight excluding hydrogens is 340 g/mol. The molecule has 0 saturated heterocycles. The molecular formula is C15H18ClF2N5O. The molecule has 1 aliphatic carbocycles. The largest absolute Gasteiger partial charge is 0.433 e. The van der Waals surface area contributed by atoms with E-state index in [-0.39, 0.29) is 17.7 Å². The van der Waals surface area contributed by atoms with E-state index < -0.39 is 12.3 Å². The molecule has 130 valence electrons. The molecule has 0 amide bonds. The van der Waals surface area contributed by atoms with Crippen molar-refractivity contribution in [2.45, 2.75) is 44.4 Å². The number of hydrogen-bond acceptors (Lipinski definition) is 6. The molecule has 1 aromatic rings. The fourth-order valence-electron chi connectivity index (χ4n) is 3.33. The maximum atomic E-state index is 12.8. The number of alkyl halides is 2. The van der Waals surface area contributed by atoms with Crippen LogP contribution in [-0.2, 0) is 0 Å². The van der Waals surface area contributed by atoms with E-state index in [4.69, 9.17) is 23.1 Å². The molecule has 0 unspecified atom stereocenters. The molecule has 0 bridgehead atoms. The third-order valence-corrected chi connectivity index (χ3v) is 4.46. The van der Waals surface area contributed by atoms with Gasteiger partial charge in [0.2, 0.25) is 11.9 Å². The van der Waals surface area contributed by atoms with Crippen molar-refractivity contribution in [1.82, 2.24) is 0 Å². The fourth-order valence-corrected chi connectivity index (χ4v) is 3.50. The average Bonchev–Trinajstić information content (AvgIpc) is 2.49. The predicted octanol–water partition coefficient (Wildman–Crippen LogP) is 3.05. The normalized spacial score (nSPS) is 20.1. The number of ether oxygens (including phenoxy) is 1. The molecule has 0 radical (unpaired) electrons. The molecule has 0 aromatic heterocycles. The summed E-state index contributed by atoms with van der Waals surface area (Å²) in [7, 11) is 0. The van der Waals surface area contributed by atoms with E-state index in [0.717, 1.165) is 19.3 Å². The van der Waals surface area contributed by atoms with Crippen molar-refractivity contribution in [2.75, 3.05) is 4.90 Å². The van der Waals surface area contributed by atoms with Crippen LogP contribution >= 0.6 is 11.6 Å². The van der Waals surface area contributed by atoms with Crippen LogP contribution < -0.4 is 21.1 Å². The summed E-state index contributed by atoms with van der Waals surface area (Å²) in [4.78, 5) is 10.1. The third-order valence-electron chi connectivity index (χ3n) is 4.23. The summed E-state index contributed by atoms with van der Waals surface area (Å²) in [6.07, 6.45) is 4.28. The second-order valence-electron chi connectivity index (χ2n) is 5.81. The topological polar surface area (TPSA) is 89.2 Å². The molecule has 2 aliphatic rings. The molecule has 1 spiro atoms. The van der Waals surface area contributed by atoms with Crippen LogP contribution in [0.3, 0.4) is 0 Å². The first-order chi connectivity index (χ1) is 11.4. The molecule has 6 nitrogen and oxygen atoms in total. The Balaban J connectivity index is 2.11. The number of anilines is 1. The number of hydrogen-bond donors (Lipinski definition) is 2. The Labute approximate surface area is 143 Å². The smallest absolute Gasteiger partial charge is 0.387 e. The van der Waals surface area contributed by atoms with E-state index in [2.05, 4.69) is 14.7 Å². The lowest BCUT2D eigenvalue weighted by Crippen LogP contribution is -2.58. The second-order valence-corrected chi connectivity index (χ2v) is 6.25. The summed E-state index contributed by atoms with van der Waals surface area (Å²) in [5, 5.41) is 0.368. The molecule has 3 rings (SSSR count). The highest BCUT2D eigenvalue weighted by Gasteiger charge is 2.43. The van der Waals surface area contributed by atoms with Crippen LogP contribution in [0.1, 0.15) is 32.1 Å². The highest BCUT2D eigenvalue weighted by molar-refractivity contribution is 6.31. The van der Waals surface area contributed by atoms with Crippen LogP contribution in [-0.4, -0.2) is 24.2 Å². The maximum Gasteiger partial charge on any atom is 0.387 e. The van der Waals surface area contributed by atoms with Gasteiger partial charge in [-0.1, -0.05) is 18.0 Å². The second kappa shape index (κ2) is 6.43. The molecule has 4 N–H and O–H groups in total. The van der Waals surface area contributed by atoms with E-state index in [1.165, 1.54) is 18.2 Å². The summed E-state index contributed by atoms with van der Waals surface area (Å²) < 4.78 is 30.2. The van der Waals surface area contributed by atoms with E-state index in [1.807, 2.05) is 0 Å². The minimum Gasteiger partial charge on any atom is -0.433 e. The number of aliphatic imine (C=N–C) groups is 2. The summed E-state index contributed by atoms with van der Waals surface area (Å²) in [6, 6.07) is 4.38. The Morgan fingerprint density at radius 2 is 1.92 bits per heavy atom. The minimum absolute atomic E-state index is 0.0341. The molecule has 1 aliphatic heterocycles. The van der Waals surface area contributed by atoms with Crippen LogP contribution in [0.15, 0.2) is 28.2 Å². The molecule has 9 heteroatoms. The number of nitrogens with two attached hydrogens (primary N) is 2. The van der Waals surface area contributed by atoms with Gasteiger partial charge < -0.3 is 16.2 Å². The van der Waals surface area contributed by atoms with Gasteiger partial charge in [-0.05, 0) is 43.9 Å². The van der Waals surface area contributed by atoms with Crippen LogP contribution in [0.2, 0.25) is 5.02 Å². The van der Waals surface area contributed by atoms with Crippen LogP contribution in [0, 0.1) is 0 Å². The SMILES string of the molecule is NC1=NC2(CCCCC2)N(c2cc(Cl)ccc2OC(F)F)C(N)=N1. The van der Waals surface area contributed by atoms with Crippen molar-refractivity contribution < 1.29 is 13.5 Å². The highest BCUT2D eigenvalue weighted by Crippen LogP contribution is 2.43. The zero-order valence-corrected chi connectivity index (χ0v) is 13.6. The Morgan fingerprint density at radius 3 is 2.58 bits per heavy atom. The maximum absolute atomic E-state index is 12.8. The zero-order chi connectivity index (χ0) is 17.3. The Kier molecular flexibility index (Phi) is 4.49. The number of halogens is 3. The predicted molar refractivity (Wildman–Crippen MR) is 89.6 cm³/mol. The summed E-state index contributed by atoms with van der Waals surface area (Å²) >= 11 is 6.07. The molecule has 1 fully saturated rings. The Bertz CT molecular complexity index is 688. The van der Waals surface area contributed by atoms with E-state index >= 15 is 0 Å². The van der Waals surface area contributed by atoms with Gasteiger partial charge in [-0.25, -0.2) is 4.99 Å². The Hall–Kier alpha value is -2.09. The van der Waals surface area contributed by atoms with Gasteiger partial charge in [0.05, 0.1) is 5.69 Å². The van der Waals surface area contributed by atoms with Gasteiger partial charge >= 0.3 is 6.61 Å². The average molecular weight is 358 g/mol. The first-order valence-electron chi connectivity index (χ1n) is 7.65. The number of guanidine groups is 2. The third kappa shape index (κ3) is 3.10. The number of rotatable bonds is 3. The quantitative estimate of drug-likeness (QED) is 0.870. The lowest BCUT2D eigenvalue weighted by Gasteiger charge is -2.45. The van der Waals surface area contributed by atoms with Crippen molar-refractivity contribution in [3.05, 3.63) is 23.2 Å². The Morgan fingerprint density at radius 1 is 1.21 bits per heavy atom. The van der Waals surface area contributed by atoms with Gasteiger partial charge in [0, 0.05) is 5.02 Å². The minimum atomic E-state index is -2.97. The van der Waals surface area contributed by atoms with Crippen molar-refractivity contribution in [3.63, 3.8) is 0 Å². The molecule has 1 heterocycles. The van der Waals surface area contributed by atoms with Gasteiger partial charge in [0.25, 0.3) is 0 Å². The first-order valence-corrected chi connectivity index (χ1v) is 8.03. The zero-order valence-electron chi connectivity index (χ0n) is 12.9. The van der Waals surface area contributed by atoms with Crippen molar-refractivity contribution in [2.24, 2.45) is 21.5 Å². The molecule has 0 atom stereocenters. The van der Waals surface area contributed by atoms with Gasteiger partial charge in [0.1, 0.15) is 11.4 Å². The lowest BCUT2D eigenvalue weighted by molar-refractivity contribution is -0.0495. The monoisotopic (exact) mass is 357 g/mol.